The molecule has 21 heavy (non-hydrogen) atoms. The standard InChI is InChI=1S/C14H28N4O3/c1-3-15-14(18-8-9-21-11-10-20-2)17-7-6-16-13(19)12-4-5-12/h12H,3-11H2,1-2H3,(H,16,19)(H2,15,17,18). The predicted octanol–water partition coefficient (Wildman–Crippen LogP) is -0.269. The van der Waals surface area contributed by atoms with Crippen LogP contribution in [0.1, 0.15) is 19.8 Å². The van der Waals surface area contributed by atoms with Gasteiger partial charge in [-0.2, -0.15) is 0 Å². The lowest BCUT2D eigenvalue weighted by Crippen LogP contribution is -2.42. The van der Waals surface area contributed by atoms with Gasteiger partial charge in [-0.25, -0.2) is 0 Å². The molecule has 0 aromatic heterocycles. The first-order chi connectivity index (χ1) is 10.3. The van der Waals surface area contributed by atoms with Crippen molar-refractivity contribution >= 4 is 11.9 Å². The van der Waals surface area contributed by atoms with Gasteiger partial charge >= 0.3 is 0 Å². The summed E-state index contributed by atoms with van der Waals surface area (Å²) in [6.07, 6.45) is 2.07. The number of nitrogens with zero attached hydrogens (tertiary/aromatic N) is 1. The number of carbonyl (C=O) groups excluding carboxylic acids is 1. The van der Waals surface area contributed by atoms with Crippen molar-refractivity contribution in [3.05, 3.63) is 0 Å². The van der Waals surface area contributed by atoms with Crippen LogP contribution < -0.4 is 16.0 Å². The molecule has 0 aromatic rings. The lowest BCUT2D eigenvalue weighted by Gasteiger charge is -2.11. The van der Waals surface area contributed by atoms with E-state index in [0.29, 0.717) is 39.5 Å². The van der Waals surface area contributed by atoms with Crippen molar-refractivity contribution in [2.75, 3.05) is 53.1 Å². The minimum Gasteiger partial charge on any atom is -0.382 e. The summed E-state index contributed by atoms with van der Waals surface area (Å²) in [5.74, 6) is 1.18. The Morgan fingerprint density at radius 1 is 1.14 bits per heavy atom. The van der Waals surface area contributed by atoms with Gasteiger partial charge < -0.3 is 25.4 Å². The molecule has 0 heterocycles. The Kier molecular flexibility index (Phi) is 9.56. The summed E-state index contributed by atoms with van der Waals surface area (Å²) < 4.78 is 10.2. The highest BCUT2D eigenvalue weighted by Crippen LogP contribution is 2.28. The molecule has 7 heteroatoms. The number of hydrogen-bond acceptors (Lipinski definition) is 4. The zero-order valence-corrected chi connectivity index (χ0v) is 13.1. The molecule has 1 fully saturated rings. The molecule has 1 amide bonds. The number of carbonyl (C=O) groups is 1. The molecule has 1 aliphatic rings. The number of nitrogens with one attached hydrogen (secondary N) is 3. The predicted molar refractivity (Wildman–Crippen MR) is 82.4 cm³/mol. The summed E-state index contributed by atoms with van der Waals surface area (Å²) >= 11 is 0. The Hall–Kier alpha value is -1.34. The highest BCUT2D eigenvalue weighted by Gasteiger charge is 2.28. The molecular weight excluding hydrogens is 272 g/mol. The minimum atomic E-state index is 0.172. The monoisotopic (exact) mass is 300 g/mol. The first kappa shape index (κ1) is 17.7. The molecule has 0 aromatic carbocycles. The number of methoxy groups -OCH3 is 1. The van der Waals surface area contributed by atoms with Crippen LogP contribution in [-0.2, 0) is 14.3 Å². The van der Waals surface area contributed by atoms with Crippen LogP contribution in [-0.4, -0.2) is 65.0 Å². The molecule has 1 saturated carbocycles. The van der Waals surface area contributed by atoms with Gasteiger partial charge in [0.25, 0.3) is 0 Å². The molecule has 1 rings (SSSR count). The molecule has 122 valence electrons. The van der Waals surface area contributed by atoms with Crippen molar-refractivity contribution < 1.29 is 14.3 Å². The average molecular weight is 300 g/mol. The van der Waals surface area contributed by atoms with Gasteiger partial charge in [-0.1, -0.05) is 0 Å². The Bertz CT molecular complexity index is 319. The van der Waals surface area contributed by atoms with E-state index in [0.717, 1.165) is 25.3 Å². The van der Waals surface area contributed by atoms with Crippen molar-refractivity contribution in [2.45, 2.75) is 19.8 Å². The van der Waals surface area contributed by atoms with E-state index in [4.69, 9.17) is 9.47 Å². The fraction of sp³-hybridized carbons (Fsp3) is 0.857. The molecule has 0 spiro atoms. The molecule has 0 aliphatic heterocycles. The van der Waals surface area contributed by atoms with Gasteiger partial charge in [0.2, 0.25) is 5.91 Å². The summed E-state index contributed by atoms with van der Waals surface area (Å²) in [5.41, 5.74) is 0. The van der Waals surface area contributed by atoms with Crippen LogP contribution in [0.3, 0.4) is 0 Å². The third-order valence-corrected chi connectivity index (χ3v) is 2.95. The fourth-order valence-electron chi connectivity index (χ4n) is 1.66. The van der Waals surface area contributed by atoms with E-state index in [1.165, 1.54) is 0 Å². The second-order valence-electron chi connectivity index (χ2n) is 4.86. The van der Waals surface area contributed by atoms with E-state index < -0.39 is 0 Å². The lowest BCUT2D eigenvalue weighted by molar-refractivity contribution is -0.122. The Morgan fingerprint density at radius 3 is 2.57 bits per heavy atom. The maximum Gasteiger partial charge on any atom is 0.223 e. The number of rotatable bonds is 11. The van der Waals surface area contributed by atoms with Crippen LogP contribution in [0.5, 0.6) is 0 Å². The Labute approximate surface area is 126 Å². The highest BCUT2D eigenvalue weighted by atomic mass is 16.5. The molecule has 1 aliphatic carbocycles. The van der Waals surface area contributed by atoms with E-state index in [2.05, 4.69) is 20.9 Å². The number of ether oxygens (including phenoxy) is 2. The van der Waals surface area contributed by atoms with Gasteiger partial charge in [-0.3, -0.25) is 9.79 Å². The molecular formula is C14H28N4O3. The van der Waals surface area contributed by atoms with Crippen LogP contribution in [0.25, 0.3) is 0 Å². The second kappa shape index (κ2) is 11.3. The van der Waals surface area contributed by atoms with Crippen LogP contribution >= 0.6 is 0 Å². The maximum absolute atomic E-state index is 11.5. The molecule has 0 saturated heterocycles. The smallest absolute Gasteiger partial charge is 0.223 e. The van der Waals surface area contributed by atoms with E-state index in [-0.39, 0.29) is 11.8 Å². The topological polar surface area (TPSA) is 84.0 Å². The normalized spacial score (nSPS) is 14.9. The second-order valence-corrected chi connectivity index (χ2v) is 4.86. The van der Waals surface area contributed by atoms with Crippen molar-refractivity contribution in [2.24, 2.45) is 10.9 Å². The fourth-order valence-corrected chi connectivity index (χ4v) is 1.66. The SMILES string of the molecule is CCNC(=NCCOCCOC)NCCNC(=O)C1CC1. The molecule has 7 nitrogen and oxygen atoms in total. The van der Waals surface area contributed by atoms with Crippen molar-refractivity contribution in [3.63, 3.8) is 0 Å². The third-order valence-electron chi connectivity index (χ3n) is 2.95. The summed E-state index contributed by atoms with van der Waals surface area (Å²) in [6.45, 7) is 6.43. The third kappa shape index (κ3) is 9.25. The number of hydrogen-bond donors (Lipinski definition) is 3. The average Bonchev–Trinajstić information content (AvgIpc) is 3.31. The quantitative estimate of drug-likeness (QED) is 0.278. The lowest BCUT2D eigenvalue weighted by atomic mass is 10.4. The van der Waals surface area contributed by atoms with Gasteiger partial charge in [0, 0.05) is 32.7 Å². The summed E-state index contributed by atoms with van der Waals surface area (Å²) in [6, 6.07) is 0. The largest absolute Gasteiger partial charge is 0.382 e. The van der Waals surface area contributed by atoms with Crippen LogP contribution in [0, 0.1) is 5.92 Å². The van der Waals surface area contributed by atoms with Gasteiger partial charge in [-0.05, 0) is 19.8 Å². The van der Waals surface area contributed by atoms with Crippen LogP contribution in [0.15, 0.2) is 4.99 Å². The zero-order chi connectivity index (χ0) is 15.3. The number of guanidine groups is 1. The molecule has 3 N–H and O–H groups in total. The van der Waals surface area contributed by atoms with Crippen LogP contribution in [0.4, 0.5) is 0 Å². The maximum atomic E-state index is 11.5. The molecule has 0 bridgehead atoms. The number of amides is 1. The molecule has 0 radical (unpaired) electrons. The van der Waals surface area contributed by atoms with Gasteiger partial charge in [0.1, 0.15) is 0 Å². The van der Waals surface area contributed by atoms with Crippen molar-refractivity contribution in [1.82, 2.24) is 16.0 Å². The first-order valence-electron chi connectivity index (χ1n) is 7.64. The van der Waals surface area contributed by atoms with Crippen molar-refractivity contribution in [3.8, 4) is 0 Å². The highest BCUT2D eigenvalue weighted by molar-refractivity contribution is 5.81. The number of aliphatic imine (C=N–C) groups is 1. The zero-order valence-electron chi connectivity index (χ0n) is 13.1. The summed E-state index contributed by atoms with van der Waals surface area (Å²) in [7, 11) is 1.65. The minimum absolute atomic E-state index is 0.172. The van der Waals surface area contributed by atoms with Crippen molar-refractivity contribution in [1.29, 1.82) is 0 Å². The van der Waals surface area contributed by atoms with E-state index >= 15 is 0 Å². The molecule has 0 unspecified atom stereocenters. The van der Waals surface area contributed by atoms with E-state index in [1.54, 1.807) is 7.11 Å². The summed E-state index contributed by atoms with van der Waals surface area (Å²) in [4.78, 5) is 15.9. The Balaban J connectivity index is 2.08. The van der Waals surface area contributed by atoms with Gasteiger partial charge in [-0.15, -0.1) is 0 Å². The van der Waals surface area contributed by atoms with Crippen LogP contribution in [0.2, 0.25) is 0 Å². The van der Waals surface area contributed by atoms with Gasteiger partial charge in [0.05, 0.1) is 26.4 Å². The first-order valence-corrected chi connectivity index (χ1v) is 7.64. The van der Waals surface area contributed by atoms with Gasteiger partial charge in [0.15, 0.2) is 5.96 Å². The Morgan fingerprint density at radius 2 is 1.90 bits per heavy atom. The van der Waals surface area contributed by atoms with E-state index in [9.17, 15) is 4.79 Å². The molecule has 0 atom stereocenters. The van der Waals surface area contributed by atoms with E-state index in [1.807, 2.05) is 6.92 Å². The summed E-state index contributed by atoms with van der Waals surface area (Å²) in [5, 5.41) is 9.24.